The maximum atomic E-state index is 12.8. The highest BCUT2D eigenvalue weighted by atomic mass is 16.1. The van der Waals surface area contributed by atoms with Crippen molar-refractivity contribution in [1.82, 2.24) is 24.6 Å². The molecule has 1 aliphatic heterocycles. The Morgan fingerprint density at radius 1 is 1.17 bits per heavy atom. The van der Waals surface area contributed by atoms with Crippen LogP contribution < -0.4 is 10.9 Å². The molecule has 0 spiro atoms. The van der Waals surface area contributed by atoms with E-state index in [1.807, 2.05) is 24.6 Å². The number of amides is 1. The first kappa shape index (κ1) is 19.4. The Morgan fingerprint density at radius 3 is 2.83 bits per heavy atom. The van der Waals surface area contributed by atoms with Crippen molar-refractivity contribution in [2.75, 3.05) is 6.54 Å². The number of hydrogen-bond donors (Lipinski definition) is 1. The third kappa shape index (κ3) is 4.09. The molecule has 4 rings (SSSR count). The van der Waals surface area contributed by atoms with Crippen LogP contribution in [0.25, 0.3) is 10.9 Å². The summed E-state index contributed by atoms with van der Waals surface area (Å²) >= 11 is 0. The van der Waals surface area contributed by atoms with E-state index in [1.165, 1.54) is 0 Å². The fourth-order valence-electron chi connectivity index (χ4n) is 3.99. The number of fused-ring (bicyclic) bond motifs is 2. The van der Waals surface area contributed by atoms with Crippen molar-refractivity contribution in [2.24, 2.45) is 0 Å². The summed E-state index contributed by atoms with van der Waals surface area (Å²) in [6, 6.07) is 7.22. The summed E-state index contributed by atoms with van der Waals surface area (Å²) in [4.78, 5) is 30.0. The Labute approximate surface area is 169 Å². The standard InChI is InChI=1S/C22H27N5O2/c1-15-13-16(2)27(25-15)12-6-10-23-21(28)17-8-9-18-19(14-17)24-20-7-4-3-5-11-26(20)22(18)29/h8-9,13-14H,3-7,10-12H2,1-2H3,(H,23,28). The van der Waals surface area contributed by atoms with Crippen LogP contribution in [0.15, 0.2) is 29.1 Å². The smallest absolute Gasteiger partial charge is 0.261 e. The number of carbonyl (C=O) groups is 1. The second kappa shape index (κ2) is 8.19. The number of nitrogens with zero attached hydrogens (tertiary/aromatic N) is 4. The Balaban J connectivity index is 1.45. The van der Waals surface area contributed by atoms with E-state index in [-0.39, 0.29) is 11.5 Å². The molecule has 2 aromatic heterocycles. The van der Waals surface area contributed by atoms with Crippen molar-refractivity contribution in [3.05, 3.63) is 57.4 Å². The molecule has 3 heterocycles. The maximum Gasteiger partial charge on any atom is 0.261 e. The van der Waals surface area contributed by atoms with Crippen LogP contribution in [0.2, 0.25) is 0 Å². The average molecular weight is 393 g/mol. The largest absolute Gasteiger partial charge is 0.352 e. The van der Waals surface area contributed by atoms with Crippen molar-refractivity contribution in [3.63, 3.8) is 0 Å². The molecule has 0 aliphatic carbocycles. The van der Waals surface area contributed by atoms with E-state index >= 15 is 0 Å². The van der Waals surface area contributed by atoms with Gasteiger partial charge < -0.3 is 5.32 Å². The second-order valence-electron chi connectivity index (χ2n) is 7.79. The fraction of sp³-hybridized carbons (Fsp3) is 0.455. The van der Waals surface area contributed by atoms with Crippen molar-refractivity contribution in [2.45, 2.75) is 59.0 Å². The number of rotatable bonds is 5. The summed E-state index contributed by atoms with van der Waals surface area (Å²) in [6.45, 7) is 6.07. The van der Waals surface area contributed by atoms with Gasteiger partial charge in [-0.05, 0) is 57.4 Å². The molecular formula is C22H27N5O2. The third-order valence-corrected chi connectivity index (χ3v) is 5.51. The summed E-state index contributed by atoms with van der Waals surface area (Å²) in [5.74, 6) is 0.694. The summed E-state index contributed by atoms with van der Waals surface area (Å²) in [6.07, 6.45) is 4.79. The van der Waals surface area contributed by atoms with Gasteiger partial charge >= 0.3 is 0 Å². The Kier molecular flexibility index (Phi) is 5.47. The number of aromatic nitrogens is 4. The fourth-order valence-corrected chi connectivity index (χ4v) is 3.99. The van der Waals surface area contributed by atoms with E-state index in [2.05, 4.69) is 10.4 Å². The molecule has 29 heavy (non-hydrogen) atoms. The topological polar surface area (TPSA) is 81.8 Å². The van der Waals surface area contributed by atoms with Crippen LogP contribution in [0.4, 0.5) is 0 Å². The van der Waals surface area contributed by atoms with Gasteiger partial charge in [0.1, 0.15) is 5.82 Å². The SMILES string of the molecule is Cc1cc(C)n(CCCNC(=O)c2ccc3c(=O)n4c(nc3c2)CCCCC4)n1. The van der Waals surface area contributed by atoms with Crippen LogP contribution in [0, 0.1) is 13.8 Å². The van der Waals surface area contributed by atoms with Gasteiger partial charge in [0.25, 0.3) is 11.5 Å². The van der Waals surface area contributed by atoms with E-state index in [9.17, 15) is 9.59 Å². The van der Waals surface area contributed by atoms with E-state index in [0.29, 0.717) is 23.0 Å². The Morgan fingerprint density at radius 2 is 2.03 bits per heavy atom. The van der Waals surface area contributed by atoms with Crippen molar-refractivity contribution >= 4 is 16.8 Å². The van der Waals surface area contributed by atoms with Crippen molar-refractivity contribution in [3.8, 4) is 0 Å². The highest BCUT2D eigenvalue weighted by Crippen LogP contribution is 2.16. The van der Waals surface area contributed by atoms with Gasteiger partial charge in [-0.25, -0.2) is 4.98 Å². The van der Waals surface area contributed by atoms with Crippen LogP contribution in [0.3, 0.4) is 0 Å². The molecule has 7 heteroatoms. The van der Waals surface area contributed by atoms with Gasteiger partial charge in [-0.15, -0.1) is 0 Å². The van der Waals surface area contributed by atoms with Crippen LogP contribution in [-0.2, 0) is 19.5 Å². The van der Waals surface area contributed by atoms with E-state index < -0.39 is 0 Å². The molecule has 0 unspecified atom stereocenters. The van der Waals surface area contributed by atoms with Gasteiger partial charge in [-0.1, -0.05) is 6.42 Å². The first-order valence-electron chi connectivity index (χ1n) is 10.4. The molecule has 0 saturated heterocycles. The molecule has 152 valence electrons. The van der Waals surface area contributed by atoms with Crippen LogP contribution in [0.5, 0.6) is 0 Å². The second-order valence-corrected chi connectivity index (χ2v) is 7.79. The Hall–Kier alpha value is -2.96. The predicted molar refractivity (Wildman–Crippen MR) is 112 cm³/mol. The summed E-state index contributed by atoms with van der Waals surface area (Å²) in [5.41, 5.74) is 3.28. The molecule has 0 atom stereocenters. The third-order valence-electron chi connectivity index (χ3n) is 5.51. The van der Waals surface area contributed by atoms with Gasteiger partial charge in [-0.2, -0.15) is 5.10 Å². The summed E-state index contributed by atoms with van der Waals surface area (Å²) in [7, 11) is 0. The molecule has 1 aromatic carbocycles. The predicted octanol–water partition coefficient (Wildman–Crippen LogP) is 2.76. The van der Waals surface area contributed by atoms with E-state index in [4.69, 9.17) is 4.98 Å². The lowest BCUT2D eigenvalue weighted by molar-refractivity contribution is 0.0952. The molecule has 0 bridgehead atoms. The lowest BCUT2D eigenvalue weighted by Crippen LogP contribution is -2.27. The minimum atomic E-state index is -0.142. The number of hydrogen-bond acceptors (Lipinski definition) is 4. The van der Waals surface area contributed by atoms with Crippen LogP contribution in [-0.4, -0.2) is 31.8 Å². The molecule has 1 N–H and O–H groups in total. The maximum absolute atomic E-state index is 12.8. The zero-order valence-electron chi connectivity index (χ0n) is 17.1. The minimum absolute atomic E-state index is 0.00347. The molecule has 0 saturated carbocycles. The van der Waals surface area contributed by atoms with Crippen LogP contribution in [0.1, 0.15) is 53.3 Å². The van der Waals surface area contributed by atoms with Crippen molar-refractivity contribution < 1.29 is 4.79 Å². The molecule has 3 aromatic rings. The quantitative estimate of drug-likeness (QED) is 0.676. The van der Waals surface area contributed by atoms with E-state index in [0.717, 1.165) is 62.4 Å². The van der Waals surface area contributed by atoms with Gasteiger partial charge in [0.15, 0.2) is 0 Å². The monoisotopic (exact) mass is 393 g/mol. The number of nitrogens with one attached hydrogen (secondary N) is 1. The molecule has 7 nitrogen and oxygen atoms in total. The number of carbonyl (C=O) groups excluding carboxylic acids is 1. The summed E-state index contributed by atoms with van der Waals surface area (Å²) in [5, 5.41) is 7.97. The van der Waals surface area contributed by atoms with Crippen molar-refractivity contribution in [1.29, 1.82) is 0 Å². The zero-order chi connectivity index (χ0) is 20.4. The highest BCUT2D eigenvalue weighted by molar-refractivity contribution is 5.97. The molecule has 1 amide bonds. The number of aryl methyl sites for hydroxylation is 4. The normalized spacial score (nSPS) is 13.9. The first-order valence-corrected chi connectivity index (χ1v) is 10.4. The Bertz CT molecular complexity index is 1110. The average Bonchev–Trinajstić information content (AvgIpc) is 2.89. The lowest BCUT2D eigenvalue weighted by atomic mass is 10.1. The van der Waals surface area contributed by atoms with Gasteiger partial charge in [0.05, 0.1) is 16.6 Å². The molecular weight excluding hydrogens is 366 g/mol. The van der Waals surface area contributed by atoms with E-state index in [1.54, 1.807) is 22.8 Å². The lowest BCUT2D eigenvalue weighted by Gasteiger charge is -2.11. The van der Waals surface area contributed by atoms with Gasteiger partial charge in [-0.3, -0.25) is 18.8 Å². The molecule has 0 radical (unpaired) electrons. The molecule has 0 fully saturated rings. The highest BCUT2D eigenvalue weighted by Gasteiger charge is 2.15. The van der Waals surface area contributed by atoms with Crippen LogP contribution >= 0.6 is 0 Å². The van der Waals surface area contributed by atoms with Gasteiger partial charge in [0.2, 0.25) is 0 Å². The summed E-state index contributed by atoms with van der Waals surface area (Å²) < 4.78 is 3.76. The minimum Gasteiger partial charge on any atom is -0.352 e. The first-order chi connectivity index (χ1) is 14.0. The number of benzene rings is 1. The van der Waals surface area contributed by atoms with Gasteiger partial charge in [0, 0.05) is 37.3 Å². The zero-order valence-corrected chi connectivity index (χ0v) is 17.1. The molecule has 1 aliphatic rings.